The van der Waals surface area contributed by atoms with Gasteiger partial charge in [0.25, 0.3) is 0 Å². The molecule has 4 nitrogen and oxygen atoms in total. The number of rotatable bonds is 1. The molecule has 2 saturated heterocycles. The lowest BCUT2D eigenvalue weighted by Gasteiger charge is -2.28. The summed E-state index contributed by atoms with van der Waals surface area (Å²) >= 11 is 3.31. The summed E-state index contributed by atoms with van der Waals surface area (Å²) in [5.74, 6) is 0. The van der Waals surface area contributed by atoms with Gasteiger partial charge < -0.3 is 19.7 Å². The number of nitrogens with zero attached hydrogens (tertiary/aromatic N) is 1. The van der Waals surface area contributed by atoms with Crippen molar-refractivity contribution in [2.75, 3.05) is 57.5 Å². The molecular weight excluding hydrogens is 380 g/mol. The Morgan fingerprint density at radius 2 is 1.24 bits per heavy atom. The fourth-order valence-corrected chi connectivity index (χ4v) is 2.70. The van der Waals surface area contributed by atoms with Crippen LogP contribution in [0.2, 0.25) is 0 Å². The standard InChI is InChI=1S/C10H13NO.C6H5Br.C4H9NO/c1-2-4-10(5-3-1)11-6-8-12-9-7-11;7-6-4-2-1-3-5-6;1-3-6-4-2-5-1/h1-5H,6-9H2;1-5H;5H,1-4H2. The van der Waals surface area contributed by atoms with Crippen molar-refractivity contribution in [3.8, 4) is 0 Å². The molecule has 0 radical (unpaired) electrons. The number of hydrogen-bond donors (Lipinski definition) is 1. The minimum Gasteiger partial charge on any atom is -0.379 e. The van der Waals surface area contributed by atoms with E-state index in [0.717, 1.165) is 57.1 Å². The van der Waals surface area contributed by atoms with Crippen LogP contribution in [0.3, 0.4) is 0 Å². The Bertz CT molecular complexity index is 533. The van der Waals surface area contributed by atoms with Crippen LogP contribution in [0.5, 0.6) is 0 Å². The Hall–Kier alpha value is -1.40. The van der Waals surface area contributed by atoms with Gasteiger partial charge in [0, 0.05) is 36.3 Å². The van der Waals surface area contributed by atoms with E-state index < -0.39 is 0 Å². The van der Waals surface area contributed by atoms with Gasteiger partial charge in [-0.2, -0.15) is 0 Å². The van der Waals surface area contributed by atoms with E-state index in [2.05, 4.69) is 50.4 Å². The van der Waals surface area contributed by atoms with Gasteiger partial charge in [-0.05, 0) is 24.3 Å². The van der Waals surface area contributed by atoms with Crippen molar-refractivity contribution in [1.29, 1.82) is 0 Å². The summed E-state index contributed by atoms with van der Waals surface area (Å²) < 4.78 is 11.4. The zero-order valence-corrected chi connectivity index (χ0v) is 16.2. The highest BCUT2D eigenvalue weighted by Crippen LogP contribution is 2.13. The summed E-state index contributed by atoms with van der Waals surface area (Å²) in [5, 5.41) is 3.16. The van der Waals surface area contributed by atoms with Gasteiger partial charge >= 0.3 is 0 Å². The van der Waals surface area contributed by atoms with Crippen LogP contribution in [0.1, 0.15) is 0 Å². The van der Waals surface area contributed by atoms with Crippen molar-refractivity contribution in [2.45, 2.75) is 0 Å². The average molecular weight is 407 g/mol. The summed E-state index contributed by atoms with van der Waals surface area (Å²) in [6.07, 6.45) is 0. The molecule has 2 aromatic carbocycles. The summed E-state index contributed by atoms with van der Waals surface area (Å²) in [5.41, 5.74) is 1.31. The Morgan fingerprint density at radius 1 is 0.720 bits per heavy atom. The zero-order chi connectivity index (χ0) is 17.6. The molecule has 2 aliphatic heterocycles. The van der Waals surface area contributed by atoms with Crippen molar-refractivity contribution in [3.63, 3.8) is 0 Å². The second-order valence-corrected chi connectivity index (χ2v) is 6.51. The van der Waals surface area contributed by atoms with Crippen LogP contribution < -0.4 is 10.2 Å². The molecule has 0 bridgehead atoms. The molecule has 0 saturated carbocycles. The molecule has 2 aromatic rings. The van der Waals surface area contributed by atoms with Crippen molar-refractivity contribution >= 4 is 21.6 Å². The third kappa shape index (κ3) is 9.02. The maximum Gasteiger partial charge on any atom is 0.0642 e. The fourth-order valence-electron chi connectivity index (χ4n) is 2.39. The van der Waals surface area contributed by atoms with E-state index >= 15 is 0 Å². The Kier molecular flexibility index (Phi) is 10.3. The Labute approximate surface area is 159 Å². The number of benzene rings is 2. The van der Waals surface area contributed by atoms with E-state index in [4.69, 9.17) is 9.47 Å². The van der Waals surface area contributed by atoms with E-state index in [9.17, 15) is 0 Å². The van der Waals surface area contributed by atoms with Crippen molar-refractivity contribution in [1.82, 2.24) is 5.32 Å². The van der Waals surface area contributed by atoms with E-state index in [1.54, 1.807) is 0 Å². The van der Waals surface area contributed by atoms with Gasteiger partial charge in [0.2, 0.25) is 0 Å². The highest BCUT2D eigenvalue weighted by molar-refractivity contribution is 9.10. The summed E-state index contributed by atoms with van der Waals surface area (Å²) in [6.45, 7) is 7.58. The van der Waals surface area contributed by atoms with Crippen molar-refractivity contribution in [2.24, 2.45) is 0 Å². The van der Waals surface area contributed by atoms with E-state index in [1.807, 2.05) is 36.4 Å². The quantitative estimate of drug-likeness (QED) is 0.784. The van der Waals surface area contributed by atoms with Crippen LogP contribution >= 0.6 is 15.9 Å². The van der Waals surface area contributed by atoms with Gasteiger partial charge in [-0.25, -0.2) is 0 Å². The third-order valence-corrected chi connectivity index (χ3v) is 4.24. The molecule has 2 aliphatic rings. The molecule has 4 rings (SSSR count). The topological polar surface area (TPSA) is 33.7 Å². The number of halogens is 1. The highest BCUT2D eigenvalue weighted by Gasteiger charge is 2.09. The minimum atomic E-state index is 0.856. The van der Waals surface area contributed by atoms with Gasteiger partial charge in [0.1, 0.15) is 0 Å². The number of morpholine rings is 2. The largest absolute Gasteiger partial charge is 0.379 e. The maximum atomic E-state index is 5.28. The van der Waals surface area contributed by atoms with Crippen LogP contribution in [-0.2, 0) is 9.47 Å². The molecule has 25 heavy (non-hydrogen) atoms. The lowest BCUT2D eigenvalue weighted by Crippen LogP contribution is -2.36. The van der Waals surface area contributed by atoms with E-state index in [1.165, 1.54) is 5.69 Å². The molecular formula is C20H27BrN2O2. The smallest absolute Gasteiger partial charge is 0.0642 e. The van der Waals surface area contributed by atoms with Gasteiger partial charge in [0.15, 0.2) is 0 Å². The maximum absolute atomic E-state index is 5.28. The van der Waals surface area contributed by atoms with Crippen LogP contribution in [0.25, 0.3) is 0 Å². The van der Waals surface area contributed by atoms with Gasteiger partial charge in [-0.15, -0.1) is 0 Å². The SMILES string of the molecule is Brc1ccccc1.C1COCCN1.c1ccc(N2CCOCC2)cc1. The van der Waals surface area contributed by atoms with Crippen molar-refractivity contribution in [3.05, 3.63) is 65.1 Å². The highest BCUT2D eigenvalue weighted by atomic mass is 79.9. The summed E-state index contributed by atoms with van der Waals surface area (Å²) in [6, 6.07) is 20.5. The van der Waals surface area contributed by atoms with Gasteiger partial charge in [0.05, 0.1) is 26.4 Å². The van der Waals surface area contributed by atoms with Crippen LogP contribution in [0.4, 0.5) is 5.69 Å². The monoisotopic (exact) mass is 406 g/mol. The molecule has 0 spiro atoms. The third-order valence-electron chi connectivity index (χ3n) is 3.71. The number of para-hydroxylation sites is 1. The normalized spacial score (nSPS) is 16.8. The molecule has 2 heterocycles. The first-order chi connectivity index (χ1) is 12.4. The Balaban J connectivity index is 0.000000148. The van der Waals surface area contributed by atoms with Crippen molar-refractivity contribution < 1.29 is 9.47 Å². The minimum absolute atomic E-state index is 0.856. The van der Waals surface area contributed by atoms with Crippen LogP contribution in [-0.4, -0.2) is 52.6 Å². The Morgan fingerprint density at radius 3 is 1.64 bits per heavy atom. The molecule has 0 amide bonds. The molecule has 1 N–H and O–H groups in total. The van der Waals surface area contributed by atoms with Gasteiger partial charge in [-0.3, -0.25) is 0 Å². The van der Waals surface area contributed by atoms with E-state index in [-0.39, 0.29) is 0 Å². The molecule has 0 aliphatic carbocycles. The summed E-state index contributed by atoms with van der Waals surface area (Å²) in [7, 11) is 0. The number of anilines is 1. The summed E-state index contributed by atoms with van der Waals surface area (Å²) in [4.78, 5) is 2.35. The second-order valence-electron chi connectivity index (χ2n) is 5.59. The lowest BCUT2D eigenvalue weighted by molar-refractivity contribution is 0.109. The van der Waals surface area contributed by atoms with E-state index in [0.29, 0.717) is 0 Å². The molecule has 2 fully saturated rings. The molecule has 0 aromatic heterocycles. The first-order valence-corrected chi connectivity index (χ1v) is 9.52. The molecule has 0 unspecified atom stereocenters. The first-order valence-electron chi connectivity index (χ1n) is 8.73. The molecule has 0 atom stereocenters. The van der Waals surface area contributed by atoms with Gasteiger partial charge in [-0.1, -0.05) is 52.3 Å². The predicted octanol–water partition coefficient (Wildman–Crippen LogP) is 3.58. The van der Waals surface area contributed by atoms with Crippen LogP contribution in [0.15, 0.2) is 65.1 Å². The number of nitrogens with one attached hydrogen (secondary N) is 1. The van der Waals surface area contributed by atoms with Crippen LogP contribution in [0, 0.1) is 0 Å². The number of hydrogen-bond acceptors (Lipinski definition) is 4. The zero-order valence-electron chi connectivity index (χ0n) is 14.6. The first kappa shape index (κ1) is 19.9. The number of ether oxygens (including phenoxy) is 2. The predicted molar refractivity (Wildman–Crippen MR) is 107 cm³/mol. The molecule has 136 valence electrons. The lowest BCUT2D eigenvalue weighted by atomic mass is 10.3. The average Bonchev–Trinajstić information content (AvgIpc) is 2.72. The molecule has 5 heteroatoms. The fraction of sp³-hybridized carbons (Fsp3) is 0.400. The second kappa shape index (κ2) is 12.9.